The molecule has 0 bridgehead atoms. The Kier molecular flexibility index (Phi) is 7.74. The number of aromatic nitrogens is 3. The number of halogens is 4. The minimum atomic E-state index is -1.16. The van der Waals surface area contributed by atoms with Crippen LogP contribution in [-0.2, 0) is 4.74 Å². The molecule has 1 fully saturated rings. The molecule has 3 heterocycles. The predicted molar refractivity (Wildman–Crippen MR) is 131 cm³/mol. The largest absolute Gasteiger partial charge is 0.443 e. The first-order chi connectivity index (χ1) is 17.0. The number of benzene rings is 1. The number of piperidine rings is 1. The monoisotopic (exact) mass is 569 g/mol. The van der Waals surface area contributed by atoms with Crippen molar-refractivity contribution in [1.29, 1.82) is 0 Å². The Labute approximate surface area is 215 Å². The Morgan fingerprint density at radius 3 is 2.67 bits per heavy atom. The average Bonchev–Trinajstić information content (AvgIpc) is 3.18. The number of alkyl halides is 1. The van der Waals surface area contributed by atoms with E-state index in [-0.39, 0.29) is 24.0 Å². The van der Waals surface area contributed by atoms with Crippen molar-refractivity contribution >= 4 is 33.5 Å². The molecule has 194 valence electrons. The highest BCUT2D eigenvalue weighted by atomic mass is 79.9. The molecule has 3 aromatic rings. The van der Waals surface area contributed by atoms with Gasteiger partial charge in [-0.05, 0) is 61.7 Å². The number of carbonyl (C=O) groups excluding carboxylic acids is 1. The second-order valence-corrected chi connectivity index (χ2v) is 10.3. The van der Waals surface area contributed by atoms with E-state index >= 15 is 0 Å². The Balaban J connectivity index is 1.71. The van der Waals surface area contributed by atoms with Crippen LogP contribution < -0.4 is 9.64 Å². The smallest absolute Gasteiger partial charge is 0.416 e. The number of hydrogen-bond donors (Lipinski definition) is 0. The van der Waals surface area contributed by atoms with Crippen LogP contribution in [0.3, 0.4) is 0 Å². The van der Waals surface area contributed by atoms with Gasteiger partial charge in [0.1, 0.15) is 17.6 Å². The van der Waals surface area contributed by atoms with Crippen LogP contribution in [0.5, 0.6) is 11.6 Å². The molecule has 0 spiro atoms. The zero-order chi connectivity index (χ0) is 26.0. The first kappa shape index (κ1) is 26.2. The molecule has 36 heavy (non-hydrogen) atoms. The van der Waals surface area contributed by atoms with E-state index in [1.54, 1.807) is 20.8 Å². The maximum Gasteiger partial charge on any atom is 0.416 e. The van der Waals surface area contributed by atoms with Crippen molar-refractivity contribution in [2.24, 2.45) is 0 Å². The number of fused-ring (bicyclic) bond motifs is 1. The fourth-order valence-electron chi connectivity index (χ4n) is 3.80. The molecular weight excluding hydrogens is 543 g/mol. The number of nitrogens with zero attached hydrogens (tertiary/aromatic N) is 5. The average molecular weight is 570 g/mol. The van der Waals surface area contributed by atoms with E-state index in [0.29, 0.717) is 42.6 Å². The quantitative estimate of drug-likeness (QED) is 0.377. The molecule has 0 saturated carbocycles. The van der Waals surface area contributed by atoms with E-state index in [2.05, 4.69) is 30.9 Å². The third-order valence-electron chi connectivity index (χ3n) is 5.56. The molecule has 2 aromatic heterocycles. The Morgan fingerprint density at radius 2 is 1.97 bits per heavy atom. The Bertz CT molecular complexity index is 1240. The van der Waals surface area contributed by atoms with E-state index in [1.807, 2.05) is 0 Å². The molecule has 0 aliphatic carbocycles. The van der Waals surface area contributed by atoms with Gasteiger partial charge in [-0.3, -0.25) is 4.90 Å². The lowest BCUT2D eigenvalue weighted by Crippen LogP contribution is -2.44. The van der Waals surface area contributed by atoms with Crippen LogP contribution in [0.1, 0.15) is 33.6 Å². The van der Waals surface area contributed by atoms with E-state index in [0.717, 1.165) is 6.07 Å². The van der Waals surface area contributed by atoms with E-state index in [1.165, 1.54) is 33.8 Å². The number of amides is 1. The van der Waals surface area contributed by atoms with E-state index < -0.39 is 29.5 Å². The lowest BCUT2D eigenvalue weighted by molar-refractivity contribution is 0.0571. The normalized spacial score (nSPS) is 15.3. The highest BCUT2D eigenvalue weighted by molar-refractivity contribution is 9.10. The molecule has 0 radical (unpaired) electrons. The summed E-state index contributed by atoms with van der Waals surface area (Å²) in [6, 6.07) is 4.98. The highest BCUT2D eigenvalue weighted by Crippen LogP contribution is 2.31. The lowest BCUT2D eigenvalue weighted by Gasteiger charge is -2.32. The topological polar surface area (TPSA) is 72.2 Å². The standard InChI is InChI=1S/C24H27BrF3N5O3/c1-24(2,3)36-23(34)32(12-11-31-9-7-15(26)8-10-31)20-13-19(30-22-16(25)14-29-33(20)22)35-18-6-4-5-17(27)21(18)28/h4-6,13-15H,7-12H2,1-3H3. The summed E-state index contributed by atoms with van der Waals surface area (Å²) < 4.78 is 54.7. The molecule has 1 saturated heterocycles. The number of likely N-dealkylation sites (tertiary alicyclic amines) is 1. The summed E-state index contributed by atoms with van der Waals surface area (Å²) >= 11 is 3.37. The fourth-order valence-corrected chi connectivity index (χ4v) is 4.15. The van der Waals surface area contributed by atoms with Crippen LogP contribution in [0, 0.1) is 11.6 Å². The summed E-state index contributed by atoms with van der Waals surface area (Å²) in [5, 5.41) is 4.31. The van der Waals surface area contributed by atoms with Crippen LogP contribution >= 0.6 is 15.9 Å². The van der Waals surface area contributed by atoms with Gasteiger partial charge in [-0.15, -0.1) is 0 Å². The molecule has 1 amide bonds. The van der Waals surface area contributed by atoms with Crippen molar-refractivity contribution < 1.29 is 27.4 Å². The van der Waals surface area contributed by atoms with Gasteiger partial charge >= 0.3 is 6.09 Å². The zero-order valence-electron chi connectivity index (χ0n) is 20.2. The van der Waals surface area contributed by atoms with Crippen LogP contribution in [0.2, 0.25) is 0 Å². The van der Waals surface area contributed by atoms with Crippen molar-refractivity contribution in [2.75, 3.05) is 31.1 Å². The van der Waals surface area contributed by atoms with E-state index in [9.17, 15) is 18.0 Å². The maximum absolute atomic E-state index is 14.3. The minimum Gasteiger partial charge on any atom is -0.443 e. The molecule has 0 atom stereocenters. The summed E-state index contributed by atoms with van der Waals surface area (Å²) in [5.41, 5.74) is -0.478. The summed E-state index contributed by atoms with van der Waals surface area (Å²) in [6.45, 7) is 7.09. The number of rotatable bonds is 6. The molecular formula is C24H27BrF3N5O3. The summed E-state index contributed by atoms with van der Waals surface area (Å²) in [6.07, 6.45) is 0.930. The van der Waals surface area contributed by atoms with Crippen LogP contribution in [0.25, 0.3) is 5.65 Å². The van der Waals surface area contributed by atoms with Crippen LogP contribution in [0.15, 0.2) is 34.9 Å². The first-order valence-corrected chi connectivity index (χ1v) is 12.3. The SMILES string of the molecule is CC(C)(C)OC(=O)N(CCN1CCC(F)CC1)c1cc(Oc2cccc(F)c2F)nc2c(Br)cnn12. The minimum absolute atomic E-state index is 0.0741. The van der Waals surface area contributed by atoms with Crippen molar-refractivity contribution in [3.05, 3.63) is 46.6 Å². The lowest BCUT2D eigenvalue weighted by atomic mass is 10.1. The molecule has 1 aliphatic heterocycles. The third-order valence-corrected chi connectivity index (χ3v) is 6.12. The molecule has 12 heteroatoms. The van der Waals surface area contributed by atoms with Crippen LogP contribution in [-0.4, -0.2) is 63.5 Å². The molecule has 1 aliphatic rings. The summed E-state index contributed by atoms with van der Waals surface area (Å²) in [4.78, 5) is 21.1. The van der Waals surface area contributed by atoms with Gasteiger partial charge in [-0.2, -0.15) is 19.0 Å². The second-order valence-electron chi connectivity index (χ2n) is 9.48. The number of hydrogen-bond acceptors (Lipinski definition) is 6. The van der Waals surface area contributed by atoms with Crippen molar-refractivity contribution in [1.82, 2.24) is 19.5 Å². The third kappa shape index (κ3) is 6.09. The maximum atomic E-state index is 14.3. The van der Waals surface area contributed by atoms with Gasteiger partial charge in [0.15, 0.2) is 17.2 Å². The summed E-state index contributed by atoms with van der Waals surface area (Å²) in [7, 11) is 0. The predicted octanol–water partition coefficient (Wildman–Crippen LogP) is 5.74. The number of anilines is 1. The molecule has 4 rings (SSSR count). The van der Waals surface area contributed by atoms with Gasteiger partial charge in [0, 0.05) is 32.2 Å². The first-order valence-electron chi connectivity index (χ1n) is 11.5. The second kappa shape index (κ2) is 10.6. The Morgan fingerprint density at radius 1 is 1.25 bits per heavy atom. The molecule has 0 unspecified atom stereocenters. The fraction of sp³-hybridized carbons (Fsp3) is 0.458. The van der Waals surface area contributed by atoms with Gasteiger partial charge in [0.2, 0.25) is 11.7 Å². The zero-order valence-corrected chi connectivity index (χ0v) is 21.8. The van der Waals surface area contributed by atoms with Gasteiger partial charge in [-0.1, -0.05) is 6.07 Å². The summed E-state index contributed by atoms with van der Waals surface area (Å²) in [5.74, 6) is -2.39. The van der Waals surface area contributed by atoms with Crippen molar-refractivity contribution in [2.45, 2.75) is 45.4 Å². The van der Waals surface area contributed by atoms with Gasteiger partial charge in [0.05, 0.1) is 10.7 Å². The number of ether oxygens (including phenoxy) is 2. The Hall–Kier alpha value is -2.86. The van der Waals surface area contributed by atoms with Gasteiger partial charge < -0.3 is 14.4 Å². The number of carbonyl (C=O) groups is 1. The van der Waals surface area contributed by atoms with Gasteiger partial charge in [0.25, 0.3) is 0 Å². The van der Waals surface area contributed by atoms with E-state index in [4.69, 9.17) is 9.47 Å². The molecule has 1 aromatic carbocycles. The van der Waals surface area contributed by atoms with Gasteiger partial charge in [-0.25, -0.2) is 13.6 Å². The van der Waals surface area contributed by atoms with Crippen molar-refractivity contribution in [3.63, 3.8) is 0 Å². The molecule has 8 nitrogen and oxygen atoms in total. The molecule has 0 N–H and O–H groups in total. The highest BCUT2D eigenvalue weighted by Gasteiger charge is 2.28. The van der Waals surface area contributed by atoms with Crippen molar-refractivity contribution in [3.8, 4) is 11.6 Å². The van der Waals surface area contributed by atoms with Crippen LogP contribution in [0.4, 0.5) is 23.8 Å².